The molecule has 19 heavy (non-hydrogen) atoms. The molecule has 0 aliphatic heterocycles. The fraction of sp³-hybridized carbons (Fsp3) is 0.286. The SMILES string of the molecule is CC(C)(C)c1cc(N)n(C(=O)c2cccc(O)c2)n1. The van der Waals surface area contributed by atoms with Gasteiger partial charge in [0.05, 0.1) is 5.69 Å². The minimum Gasteiger partial charge on any atom is -0.508 e. The van der Waals surface area contributed by atoms with Crippen molar-refractivity contribution >= 4 is 11.7 Å². The van der Waals surface area contributed by atoms with Crippen LogP contribution in [0.1, 0.15) is 36.8 Å². The van der Waals surface area contributed by atoms with Gasteiger partial charge in [0.1, 0.15) is 11.6 Å². The lowest BCUT2D eigenvalue weighted by Gasteiger charge is -2.13. The Hall–Kier alpha value is -2.30. The fourth-order valence-corrected chi connectivity index (χ4v) is 1.69. The molecule has 0 fully saturated rings. The van der Waals surface area contributed by atoms with Crippen molar-refractivity contribution in [1.29, 1.82) is 0 Å². The summed E-state index contributed by atoms with van der Waals surface area (Å²) >= 11 is 0. The Kier molecular flexibility index (Phi) is 3.06. The summed E-state index contributed by atoms with van der Waals surface area (Å²) in [5, 5.41) is 13.6. The average molecular weight is 259 g/mol. The van der Waals surface area contributed by atoms with Crippen molar-refractivity contribution < 1.29 is 9.90 Å². The topological polar surface area (TPSA) is 81.1 Å². The molecule has 0 radical (unpaired) electrons. The third-order valence-corrected chi connectivity index (χ3v) is 2.79. The molecule has 0 amide bonds. The molecule has 1 aromatic carbocycles. The normalized spacial score (nSPS) is 11.5. The number of phenolic OH excluding ortho intramolecular Hbond substituents is 1. The number of nitrogens with two attached hydrogens (primary N) is 1. The van der Waals surface area contributed by atoms with E-state index < -0.39 is 0 Å². The van der Waals surface area contributed by atoms with Gasteiger partial charge in [0.15, 0.2) is 0 Å². The van der Waals surface area contributed by atoms with E-state index in [1.165, 1.54) is 12.1 Å². The van der Waals surface area contributed by atoms with E-state index in [-0.39, 0.29) is 17.1 Å². The molecule has 0 aliphatic rings. The Balaban J connectivity index is 2.43. The lowest BCUT2D eigenvalue weighted by molar-refractivity contribution is 0.0946. The Morgan fingerprint density at radius 2 is 2.00 bits per heavy atom. The summed E-state index contributed by atoms with van der Waals surface area (Å²) in [4.78, 5) is 12.3. The number of hydrogen-bond donors (Lipinski definition) is 2. The number of hydrogen-bond acceptors (Lipinski definition) is 4. The summed E-state index contributed by atoms with van der Waals surface area (Å²) in [6.07, 6.45) is 0. The van der Waals surface area contributed by atoms with Gasteiger partial charge in [0.2, 0.25) is 0 Å². The Morgan fingerprint density at radius 1 is 1.32 bits per heavy atom. The Bertz CT molecular complexity index is 624. The van der Waals surface area contributed by atoms with Gasteiger partial charge in [-0.1, -0.05) is 26.8 Å². The molecule has 0 bridgehead atoms. The lowest BCUT2D eigenvalue weighted by Crippen LogP contribution is -2.18. The third kappa shape index (κ3) is 2.59. The second-order valence-electron chi connectivity index (χ2n) is 5.47. The van der Waals surface area contributed by atoms with E-state index in [4.69, 9.17) is 5.73 Å². The predicted octanol–water partition coefficient (Wildman–Crippen LogP) is 2.16. The number of anilines is 1. The van der Waals surface area contributed by atoms with E-state index in [2.05, 4.69) is 5.10 Å². The smallest absolute Gasteiger partial charge is 0.280 e. The van der Waals surface area contributed by atoms with Crippen LogP contribution < -0.4 is 5.73 Å². The summed E-state index contributed by atoms with van der Waals surface area (Å²) in [6, 6.07) is 7.80. The third-order valence-electron chi connectivity index (χ3n) is 2.79. The van der Waals surface area contributed by atoms with Gasteiger partial charge >= 0.3 is 0 Å². The highest BCUT2D eigenvalue weighted by molar-refractivity contribution is 5.97. The van der Waals surface area contributed by atoms with Crippen LogP contribution in [0.5, 0.6) is 5.75 Å². The first kappa shape index (κ1) is 13.1. The zero-order valence-corrected chi connectivity index (χ0v) is 11.2. The van der Waals surface area contributed by atoms with Gasteiger partial charge in [-0.3, -0.25) is 4.79 Å². The highest BCUT2D eigenvalue weighted by Crippen LogP contribution is 2.23. The zero-order chi connectivity index (χ0) is 14.2. The average Bonchev–Trinajstić information content (AvgIpc) is 2.70. The number of carbonyl (C=O) groups is 1. The lowest BCUT2D eigenvalue weighted by atomic mass is 9.92. The predicted molar refractivity (Wildman–Crippen MR) is 73.2 cm³/mol. The molecule has 0 aliphatic carbocycles. The van der Waals surface area contributed by atoms with E-state index in [1.807, 2.05) is 20.8 Å². The Labute approximate surface area is 111 Å². The monoisotopic (exact) mass is 259 g/mol. The first-order valence-electron chi connectivity index (χ1n) is 5.99. The molecule has 2 aromatic rings. The van der Waals surface area contributed by atoms with Crippen LogP contribution in [0.15, 0.2) is 30.3 Å². The minimum atomic E-state index is -0.357. The van der Waals surface area contributed by atoms with Crippen molar-refractivity contribution in [3.8, 4) is 5.75 Å². The van der Waals surface area contributed by atoms with Gasteiger partial charge in [0.25, 0.3) is 5.91 Å². The number of benzene rings is 1. The molecule has 100 valence electrons. The first-order valence-corrected chi connectivity index (χ1v) is 5.99. The number of rotatable bonds is 1. The number of aromatic hydroxyl groups is 1. The Morgan fingerprint density at radius 3 is 2.53 bits per heavy atom. The number of nitrogen functional groups attached to an aromatic ring is 1. The van der Waals surface area contributed by atoms with E-state index >= 15 is 0 Å². The molecular weight excluding hydrogens is 242 g/mol. The van der Waals surface area contributed by atoms with Crippen LogP contribution in [0, 0.1) is 0 Å². The van der Waals surface area contributed by atoms with Crippen LogP contribution in [-0.4, -0.2) is 20.8 Å². The first-order chi connectivity index (χ1) is 8.79. The zero-order valence-electron chi connectivity index (χ0n) is 11.2. The summed E-state index contributed by atoms with van der Waals surface area (Å²) in [7, 11) is 0. The molecule has 1 aromatic heterocycles. The summed E-state index contributed by atoms with van der Waals surface area (Å²) < 4.78 is 1.16. The second kappa shape index (κ2) is 4.42. The van der Waals surface area contributed by atoms with Crippen LogP contribution in [0.3, 0.4) is 0 Å². The van der Waals surface area contributed by atoms with E-state index in [9.17, 15) is 9.90 Å². The van der Waals surface area contributed by atoms with Crippen molar-refractivity contribution in [2.45, 2.75) is 26.2 Å². The molecule has 0 saturated heterocycles. The van der Waals surface area contributed by atoms with Gasteiger partial charge < -0.3 is 10.8 Å². The number of phenols is 1. The molecule has 5 nitrogen and oxygen atoms in total. The highest BCUT2D eigenvalue weighted by atomic mass is 16.3. The highest BCUT2D eigenvalue weighted by Gasteiger charge is 2.22. The molecule has 3 N–H and O–H groups in total. The largest absolute Gasteiger partial charge is 0.508 e. The van der Waals surface area contributed by atoms with Gasteiger partial charge in [-0.15, -0.1) is 0 Å². The number of aromatic nitrogens is 2. The van der Waals surface area contributed by atoms with Gasteiger partial charge in [-0.05, 0) is 18.2 Å². The maximum atomic E-state index is 12.3. The van der Waals surface area contributed by atoms with Gasteiger partial charge in [-0.2, -0.15) is 9.78 Å². The van der Waals surface area contributed by atoms with E-state index in [1.54, 1.807) is 18.2 Å². The maximum Gasteiger partial charge on any atom is 0.280 e. The summed E-state index contributed by atoms with van der Waals surface area (Å²) in [6.45, 7) is 5.99. The summed E-state index contributed by atoms with van der Waals surface area (Å²) in [5.41, 5.74) is 6.74. The van der Waals surface area contributed by atoms with Crippen LogP contribution in [0.2, 0.25) is 0 Å². The van der Waals surface area contributed by atoms with E-state index in [0.29, 0.717) is 11.4 Å². The van der Waals surface area contributed by atoms with Crippen LogP contribution >= 0.6 is 0 Å². The second-order valence-corrected chi connectivity index (χ2v) is 5.47. The fourth-order valence-electron chi connectivity index (χ4n) is 1.69. The van der Waals surface area contributed by atoms with Crippen molar-refractivity contribution in [2.75, 3.05) is 5.73 Å². The molecule has 0 saturated carbocycles. The molecule has 0 spiro atoms. The molecule has 5 heteroatoms. The molecule has 2 rings (SSSR count). The minimum absolute atomic E-state index is 0.0348. The van der Waals surface area contributed by atoms with Gasteiger partial charge in [-0.25, -0.2) is 0 Å². The maximum absolute atomic E-state index is 12.3. The molecule has 1 heterocycles. The van der Waals surface area contributed by atoms with Crippen LogP contribution in [-0.2, 0) is 5.41 Å². The van der Waals surface area contributed by atoms with Crippen molar-refractivity contribution in [2.24, 2.45) is 0 Å². The van der Waals surface area contributed by atoms with Crippen molar-refractivity contribution in [3.63, 3.8) is 0 Å². The molecule has 0 unspecified atom stereocenters. The van der Waals surface area contributed by atoms with Crippen LogP contribution in [0.25, 0.3) is 0 Å². The standard InChI is InChI=1S/C14H17N3O2/c1-14(2,3)11-8-12(15)17(16-11)13(19)9-5-4-6-10(18)7-9/h4-8,18H,15H2,1-3H3. The molecule has 0 atom stereocenters. The summed E-state index contributed by atoms with van der Waals surface area (Å²) in [5.74, 6) is -0.0326. The van der Waals surface area contributed by atoms with Crippen LogP contribution in [0.4, 0.5) is 5.82 Å². The number of carbonyl (C=O) groups excluding carboxylic acids is 1. The van der Waals surface area contributed by atoms with Crippen molar-refractivity contribution in [3.05, 3.63) is 41.6 Å². The van der Waals surface area contributed by atoms with Crippen molar-refractivity contribution in [1.82, 2.24) is 9.78 Å². The van der Waals surface area contributed by atoms with E-state index in [0.717, 1.165) is 10.4 Å². The van der Waals surface area contributed by atoms with Gasteiger partial charge in [0, 0.05) is 17.0 Å². The quantitative estimate of drug-likeness (QED) is 0.822. The molecular formula is C14H17N3O2. The number of nitrogens with zero attached hydrogens (tertiary/aromatic N) is 2.